The third-order valence-corrected chi connectivity index (χ3v) is 13.0. The fraction of sp³-hybridized carbons (Fsp3) is 0.812. The van der Waals surface area contributed by atoms with Gasteiger partial charge in [-0.25, -0.2) is 4.79 Å². The van der Waals surface area contributed by atoms with E-state index in [9.17, 15) is 4.79 Å². The predicted molar refractivity (Wildman–Crippen MR) is 95.6 cm³/mol. The Bertz CT molecular complexity index is 387. The Morgan fingerprint density at radius 1 is 1.05 bits per heavy atom. The van der Waals surface area contributed by atoms with Crippen molar-refractivity contribution < 1.29 is 14.0 Å². The van der Waals surface area contributed by atoms with Crippen LogP contribution in [-0.4, -0.2) is 32.8 Å². The van der Waals surface area contributed by atoms with Gasteiger partial charge in [0.15, 0.2) is 0 Å². The lowest BCUT2D eigenvalue weighted by atomic mass is 10.3. The van der Waals surface area contributed by atoms with Crippen LogP contribution in [0.15, 0.2) is 12.7 Å². The molecule has 0 aromatic heterocycles. The highest BCUT2D eigenvalue weighted by molar-refractivity contribution is 6.81. The molecule has 124 valence electrons. The molecule has 0 fully saturated rings. The highest BCUT2D eigenvalue weighted by atomic mass is 28.4. The van der Waals surface area contributed by atoms with Gasteiger partial charge < -0.3 is 9.16 Å². The summed E-state index contributed by atoms with van der Waals surface area (Å²) in [6, 6.07) is 0. The van der Waals surface area contributed by atoms with Crippen LogP contribution in [0.3, 0.4) is 0 Å². The van der Waals surface area contributed by atoms with Crippen molar-refractivity contribution in [2.45, 2.75) is 83.7 Å². The van der Waals surface area contributed by atoms with Crippen LogP contribution in [0.2, 0.25) is 32.7 Å². The first-order valence-electron chi connectivity index (χ1n) is 7.84. The molecule has 0 radical (unpaired) electrons. The molecule has 0 rings (SSSR count). The Hall–Kier alpha value is -0.396. The monoisotopic (exact) mass is 330 g/mol. The molecule has 0 aromatic carbocycles. The Morgan fingerprint density at radius 3 is 1.76 bits per heavy atom. The van der Waals surface area contributed by atoms with Gasteiger partial charge in [0, 0.05) is 11.3 Å². The van der Waals surface area contributed by atoms with E-state index in [2.05, 4.69) is 53.2 Å². The summed E-state index contributed by atoms with van der Waals surface area (Å²) in [5, 5.41) is -0.659. The molecule has 0 aromatic rings. The van der Waals surface area contributed by atoms with Gasteiger partial charge in [-0.2, -0.15) is 0 Å². The van der Waals surface area contributed by atoms with E-state index in [-0.39, 0.29) is 11.2 Å². The van der Waals surface area contributed by atoms with Crippen molar-refractivity contribution in [2.75, 3.05) is 0 Å². The van der Waals surface area contributed by atoms with Crippen molar-refractivity contribution in [1.82, 2.24) is 0 Å². The van der Waals surface area contributed by atoms with Crippen LogP contribution in [0.25, 0.3) is 0 Å². The fourth-order valence-corrected chi connectivity index (χ4v) is 8.05. The first kappa shape index (κ1) is 20.6. The smallest absolute Gasteiger partial charge is 0.330 e. The predicted octanol–water partition coefficient (Wildman–Crippen LogP) is 4.69. The van der Waals surface area contributed by atoms with Crippen LogP contribution in [0.4, 0.5) is 0 Å². The van der Waals surface area contributed by atoms with Crippen molar-refractivity contribution in [2.24, 2.45) is 0 Å². The van der Waals surface area contributed by atoms with Gasteiger partial charge in [-0.3, -0.25) is 0 Å². The second kappa shape index (κ2) is 6.79. The van der Waals surface area contributed by atoms with Gasteiger partial charge in [0.25, 0.3) is 0 Å². The Kier molecular flexibility index (Phi) is 6.66. The average Bonchev–Trinajstić information content (AvgIpc) is 2.36. The summed E-state index contributed by atoms with van der Waals surface area (Å²) in [5.41, 5.74) is 0. The van der Waals surface area contributed by atoms with Crippen molar-refractivity contribution in [3.8, 4) is 0 Å². The lowest BCUT2D eigenvalue weighted by molar-refractivity contribution is -0.147. The van der Waals surface area contributed by atoms with Crippen LogP contribution in [0.5, 0.6) is 0 Å². The first-order chi connectivity index (χ1) is 9.28. The molecule has 0 aliphatic carbocycles. The van der Waals surface area contributed by atoms with Gasteiger partial charge in [-0.15, -0.1) is 0 Å². The van der Waals surface area contributed by atoms with Gasteiger partial charge in [0.1, 0.15) is 5.22 Å². The fourth-order valence-electron chi connectivity index (χ4n) is 2.31. The number of esters is 1. The summed E-state index contributed by atoms with van der Waals surface area (Å²) in [5.74, 6) is -0.366. The van der Waals surface area contributed by atoms with Gasteiger partial charge in [-0.1, -0.05) is 40.1 Å². The molecule has 0 N–H and O–H groups in total. The second-order valence-electron chi connectivity index (χ2n) is 7.66. The zero-order chi connectivity index (χ0) is 17.1. The molecule has 0 saturated carbocycles. The summed E-state index contributed by atoms with van der Waals surface area (Å²) >= 11 is 0. The third kappa shape index (κ3) is 4.53. The van der Waals surface area contributed by atoms with Crippen LogP contribution >= 0.6 is 0 Å². The van der Waals surface area contributed by atoms with E-state index in [0.717, 1.165) is 12.8 Å². The summed E-state index contributed by atoms with van der Waals surface area (Å²) in [6.07, 6.45) is 2.96. The maximum Gasteiger partial charge on any atom is 0.330 e. The number of rotatable bonds is 8. The minimum absolute atomic E-state index is 0.111. The van der Waals surface area contributed by atoms with Gasteiger partial charge in [0.05, 0.1) is 8.07 Å². The minimum atomic E-state index is -2.26. The minimum Gasteiger partial charge on any atom is -0.457 e. The molecule has 0 aliphatic rings. The summed E-state index contributed by atoms with van der Waals surface area (Å²) in [7, 11) is -3.77. The van der Waals surface area contributed by atoms with Gasteiger partial charge in [-0.05, 0) is 39.8 Å². The highest BCUT2D eigenvalue weighted by Gasteiger charge is 2.52. The molecule has 0 amide bonds. The third-order valence-electron chi connectivity index (χ3n) is 5.18. The number of carbonyl (C=O) groups is 1. The average molecular weight is 331 g/mol. The SMILES string of the molecule is C=CC(=O)OC(C)(CC)[Si](C)(C)OC(C)(CC)[Si](C)(C)C. The molecule has 5 heteroatoms. The van der Waals surface area contributed by atoms with Crippen LogP contribution in [0.1, 0.15) is 40.5 Å². The Balaban J connectivity index is 5.51. The molecular formula is C16H34O3Si2. The zero-order valence-electron chi connectivity index (χ0n) is 15.4. The summed E-state index contributed by atoms with van der Waals surface area (Å²) < 4.78 is 12.4. The van der Waals surface area contributed by atoms with Crippen molar-refractivity contribution in [1.29, 1.82) is 0 Å². The summed E-state index contributed by atoms with van der Waals surface area (Å²) in [6.45, 7) is 23.3. The summed E-state index contributed by atoms with van der Waals surface area (Å²) in [4.78, 5) is 11.7. The second-order valence-corrected chi connectivity index (χ2v) is 17.5. The van der Waals surface area contributed by atoms with E-state index in [1.807, 2.05) is 13.8 Å². The normalized spacial score (nSPS) is 18.5. The molecule has 0 aliphatic heterocycles. The molecule has 3 nitrogen and oxygen atoms in total. The van der Waals surface area contributed by atoms with Gasteiger partial charge >= 0.3 is 5.97 Å². The Morgan fingerprint density at radius 2 is 1.48 bits per heavy atom. The molecule has 0 heterocycles. The van der Waals surface area contributed by atoms with E-state index < -0.39 is 21.6 Å². The van der Waals surface area contributed by atoms with Gasteiger partial charge in [0.2, 0.25) is 8.32 Å². The molecule has 21 heavy (non-hydrogen) atoms. The maximum absolute atomic E-state index is 11.7. The van der Waals surface area contributed by atoms with Crippen molar-refractivity contribution >= 4 is 22.4 Å². The molecule has 2 atom stereocenters. The Labute approximate surface area is 133 Å². The standard InChI is InChI=1S/C16H34O3Si2/c1-11-14(17)18-15(4,12-2)21(9,10)19-16(5,13-3)20(6,7)8/h11H,1,12-13H2,2-10H3. The molecule has 0 saturated heterocycles. The van der Waals surface area contributed by atoms with Crippen molar-refractivity contribution in [3.63, 3.8) is 0 Å². The van der Waals surface area contributed by atoms with Crippen LogP contribution in [0, 0.1) is 0 Å². The molecule has 0 spiro atoms. The molecule has 0 bridgehead atoms. The van der Waals surface area contributed by atoms with Crippen LogP contribution in [-0.2, 0) is 14.0 Å². The molecule has 2 unspecified atom stereocenters. The van der Waals surface area contributed by atoms with Crippen molar-refractivity contribution in [3.05, 3.63) is 12.7 Å². The largest absolute Gasteiger partial charge is 0.457 e. The quantitative estimate of drug-likeness (QED) is 0.368. The van der Waals surface area contributed by atoms with Crippen LogP contribution < -0.4 is 0 Å². The maximum atomic E-state index is 11.7. The number of ether oxygens (including phenoxy) is 1. The molecular weight excluding hydrogens is 296 g/mol. The van der Waals surface area contributed by atoms with E-state index in [1.165, 1.54) is 6.08 Å². The number of hydrogen-bond acceptors (Lipinski definition) is 3. The first-order valence-corrected chi connectivity index (χ1v) is 14.2. The topological polar surface area (TPSA) is 35.5 Å². The van der Waals surface area contributed by atoms with E-state index in [0.29, 0.717) is 0 Å². The lowest BCUT2D eigenvalue weighted by Crippen LogP contribution is -2.64. The van der Waals surface area contributed by atoms with E-state index in [4.69, 9.17) is 9.16 Å². The number of hydrogen-bond donors (Lipinski definition) is 0. The number of carbonyl (C=O) groups excluding carboxylic acids is 1. The van der Waals surface area contributed by atoms with E-state index >= 15 is 0 Å². The zero-order valence-corrected chi connectivity index (χ0v) is 17.4. The highest BCUT2D eigenvalue weighted by Crippen LogP contribution is 2.37. The lowest BCUT2D eigenvalue weighted by Gasteiger charge is -2.50. The van der Waals surface area contributed by atoms with E-state index in [1.54, 1.807) is 0 Å².